The monoisotopic (exact) mass is 735 g/mol. The van der Waals surface area contributed by atoms with Gasteiger partial charge in [0.15, 0.2) is 0 Å². The molecular formula is C52H33NS2. The van der Waals surface area contributed by atoms with Gasteiger partial charge in [-0.25, -0.2) is 0 Å². The summed E-state index contributed by atoms with van der Waals surface area (Å²) in [6.07, 6.45) is 0. The first kappa shape index (κ1) is 32.0. The summed E-state index contributed by atoms with van der Waals surface area (Å²) in [7, 11) is 0. The highest BCUT2D eigenvalue weighted by molar-refractivity contribution is 7.26. The van der Waals surface area contributed by atoms with Crippen molar-refractivity contribution in [2.45, 2.75) is 0 Å². The first-order chi connectivity index (χ1) is 27.2. The molecule has 0 atom stereocenters. The number of hydrogen-bond donors (Lipinski definition) is 0. The van der Waals surface area contributed by atoms with Crippen LogP contribution >= 0.6 is 22.7 Å². The van der Waals surface area contributed by atoms with E-state index in [-0.39, 0.29) is 0 Å². The van der Waals surface area contributed by atoms with E-state index in [1.807, 2.05) is 22.7 Å². The molecule has 0 saturated heterocycles. The summed E-state index contributed by atoms with van der Waals surface area (Å²) in [6, 6.07) is 73.5. The van der Waals surface area contributed by atoms with Gasteiger partial charge in [-0.05, 0) is 105 Å². The van der Waals surface area contributed by atoms with E-state index in [1.165, 1.54) is 84.5 Å². The Morgan fingerprint density at radius 2 is 0.836 bits per heavy atom. The maximum absolute atomic E-state index is 2.44. The number of rotatable bonds is 6. The molecule has 0 bridgehead atoms. The molecule has 0 saturated carbocycles. The molecule has 2 aromatic heterocycles. The van der Waals surface area contributed by atoms with Crippen molar-refractivity contribution in [1.82, 2.24) is 0 Å². The largest absolute Gasteiger partial charge is 0.310 e. The topological polar surface area (TPSA) is 3.24 Å². The number of hydrogen-bond acceptors (Lipinski definition) is 3. The van der Waals surface area contributed by atoms with Gasteiger partial charge in [-0.15, -0.1) is 22.7 Å². The lowest BCUT2D eigenvalue weighted by molar-refractivity contribution is 1.29. The van der Waals surface area contributed by atoms with Crippen LogP contribution in [0, 0.1) is 0 Å². The zero-order valence-electron chi connectivity index (χ0n) is 29.8. The summed E-state index contributed by atoms with van der Waals surface area (Å²) in [6.45, 7) is 0. The number of anilines is 3. The van der Waals surface area contributed by atoms with Gasteiger partial charge in [0.25, 0.3) is 0 Å². The molecule has 0 aliphatic heterocycles. The van der Waals surface area contributed by atoms with E-state index in [1.54, 1.807) is 0 Å². The van der Waals surface area contributed by atoms with Crippen LogP contribution in [-0.2, 0) is 0 Å². The third kappa shape index (κ3) is 5.60. The zero-order chi connectivity index (χ0) is 36.3. The Morgan fingerprint density at radius 3 is 1.64 bits per heavy atom. The number of nitrogens with zero attached hydrogens (tertiary/aromatic N) is 1. The molecule has 2 heterocycles. The molecule has 0 unspecified atom stereocenters. The molecule has 1 nitrogen and oxygen atoms in total. The molecule has 0 aliphatic rings. The van der Waals surface area contributed by atoms with Crippen LogP contribution in [-0.4, -0.2) is 0 Å². The van der Waals surface area contributed by atoms with E-state index in [9.17, 15) is 0 Å². The summed E-state index contributed by atoms with van der Waals surface area (Å²) >= 11 is 3.74. The normalized spacial score (nSPS) is 11.6. The van der Waals surface area contributed by atoms with E-state index in [2.05, 4.69) is 205 Å². The van der Waals surface area contributed by atoms with Crippen LogP contribution in [0.5, 0.6) is 0 Å². The van der Waals surface area contributed by atoms with Crippen molar-refractivity contribution in [3.8, 4) is 33.4 Å². The Balaban J connectivity index is 1.10. The molecule has 0 aliphatic carbocycles. The van der Waals surface area contributed by atoms with Crippen molar-refractivity contribution in [2.24, 2.45) is 0 Å². The summed E-state index contributed by atoms with van der Waals surface area (Å²) in [4.78, 5) is 2.44. The average Bonchev–Trinajstić information content (AvgIpc) is 3.81. The van der Waals surface area contributed by atoms with Gasteiger partial charge in [0, 0.05) is 57.3 Å². The number of fused-ring (bicyclic) bond motifs is 7. The molecule has 11 rings (SSSR count). The highest BCUT2D eigenvalue weighted by Gasteiger charge is 2.20. The van der Waals surface area contributed by atoms with E-state index in [4.69, 9.17) is 0 Å². The average molecular weight is 736 g/mol. The van der Waals surface area contributed by atoms with Crippen molar-refractivity contribution in [1.29, 1.82) is 0 Å². The Bertz CT molecular complexity index is 3190. The minimum Gasteiger partial charge on any atom is -0.310 e. The van der Waals surface area contributed by atoms with Crippen LogP contribution in [0.1, 0.15) is 0 Å². The second-order valence-corrected chi connectivity index (χ2v) is 16.3. The Labute approximate surface area is 327 Å². The van der Waals surface area contributed by atoms with Crippen LogP contribution in [0.25, 0.3) is 84.5 Å². The van der Waals surface area contributed by atoms with Gasteiger partial charge in [0.1, 0.15) is 0 Å². The van der Waals surface area contributed by atoms with Crippen LogP contribution in [0.15, 0.2) is 200 Å². The van der Waals surface area contributed by atoms with Crippen molar-refractivity contribution in [2.75, 3.05) is 4.90 Å². The summed E-state index contributed by atoms with van der Waals surface area (Å²) in [5, 5.41) is 7.81. The van der Waals surface area contributed by atoms with Crippen molar-refractivity contribution in [3.05, 3.63) is 200 Å². The highest BCUT2D eigenvalue weighted by Crippen LogP contribution is 2.46. The van der Waals surface area contributed by atoms with E-state index < -0.39 is 0 Å². The SMILES string of the molecule is c1ccc(-c2ccc(N(c3ccc4c(c3)sc3ccccc34)c3ccc(-c4ccc5sc6cc7ccccc7cc6c5c4)cc3-c3ccccc3)cc2)cc1. The summed E-state index contributed by atoms with van der Waals surface area (Å²) < 4.78 is 5.24. The van der Waals surface area contributed by atoms with Gasteiger partial charge < -0.3 is 4.90 Å². The van der Waals surface area contributed by atoms with Crippen LogP contribution in [0.3, 0.4) is 0 Å². The molecule has 258 valence electrons. The minimum absolute atomic E-state index is 1.11. The van der Waals surface area contributed by atoms with E-state index in [0.717, 1.165) is 17.1 Å². The van der Waals surface area contributed by atoms with Gasteiger partial charge in [0.05, 0.1) is 5.69 Å². The highest BCUT2D eigenvalue weighted by atomic mass is 32.1. The van der Waals surface area contributed by atoms with Crippen LogP contribution < -0.4 is 4.90 Å². The quantitative estimate of drug-likeness (QED) is 0.164. The third-order valence-electron chi connectivity index (χ3n) is 10.8. The second kappa shape index (κ2) is 13.1. The van der Waals surface area contributed by atoms with Crippen molar-refractivity contribution < 1.29 is 0 Å². The predicted molar refractivity (Wildman–Crippen MR) is 241 cm³/mol. The lowest BCUT2D eigenvalue weighted by atomic mass is 9.95. The van der Waals surface area contributed by atoms with Gasteiger partial charge in [-0.2, -0.15) is 0 Å². The minimum atomic E-state index is 1.11. The molecule has 0 N–H and O–H groups in total. The second-order valence-electron chi connectivity index (χ2n) is 14.1. The van der Waals surface area contributed by atoms with E-state index in [0.29, 0.717) is 0 Å². The van der Waals surface area contributed by atoms with Gasteiger partial charge in [-0.1, -0.05) is 133 Å². The Hall–Kier alpha value is -6.52. The van der Waals surface area contributed by atoms with E-state index >= 15 is 0 Å². The Kier molecular flexibility index (Phi) is 7.61. The number of benzene rings is 9. The first-order valence-corrected chi connectivity index (χ1v) is 20.3. The molecule has 0 amide bonds. The molecule has 9 aromatic carbocycles. The fraction of sp³-hybridized carbons (Fsp3) is 0. The molecule has 0 spiro atoms. The molecule has 55 heavy (non-hydrogen) atoms. The standard InChI is InChI=1S/C52H33NS2/c1-3-11-34(12-4-1)35-19-23-41(24-20-35)53(42-25-26-44-43-17-9-10-18-49(43)54-52(44)33-42)48-27-21-39(29-45(48)36-13-5-2-6-14-36)40-22-28-50-46(31-40)47-30-37-15-7-8-16-38(37)32-51(47)55-50/h1-33H. The molecule has 0 radical (unpaired) electrons. The lowest BCUT2D eigenvalue weighted by Crippen LogP contribution is -2.11. The molecule has 11 aromatic rings. The number of thiophene rings is 2. The van der Waals surface area contributed by atoms with Gasteiger partial charge in [0.2, 0.25) is 0 Å². The molecular weight excluding hydrogens is 703 g/mol. The van der Waals surface area contributed by atoms with Crippen molar-refractivity contribution >= 4 is 90.9 Å². The lowest BCUT2D eigenvalue weighted by Gasteiger charge is -2.28. The molecule has 0 fully saturated rings. The fourth-order valence-corrected chi connectivity index (χ4v) is 10.4. The summed E-state index contributed by atoms with van der Waals surface area (Å²) in [5.41, 5.74) is 10.6. The third-order valence-corrected chi connectivity index (χ3v) is 13.1. The van der Waals surface area contributed by atoms with Gasteiger partial charge >= 0.3 is 0 Å². The van der Waals surface area contributed by atoms with Crippen LogP contribution in [0.2, 0.25) is 0 Å². The van der Waals surface area contributed by atoms with Crippen molar-refractivity contribution in [3.63, 3.8) is 0 Å². The predicted octanol–water partition coefficient (Wildman–Crippen LogP) is 16.0. The first-order valence-electron chi connectivity index (χ1n) is 18.7. The molecule has 3 heteroatoms. The maximum atomic E-state index is 2.44. The zero-order valence-corrected chi connectivity index (χ0v) is 31.4. The fourth-order valence-electron chi connectivity index (χ4n) is 8.12. The smallest absolute Gasteiger partial charge is 0.0540 e. The summed E-state index contributed by atoms with van der Waals surface area (Å²) in [5.74, 6) is 0. The maximum Gasteiger partial charge on any atom is 0.0540 e. The Morgan fingerprint density at radius 1 is 0.291 bits per heavy atom. The van der Waals surface area contributed by atoms with Gasteiger partial charge in [-0.3, -0.25) is 0 Å². The van der Waals surface area contributed by atoms with Crippen LogP contribution in [0.4, 0.5) is 17.1 Å².